The Kier molecular flexibility index (Phi) is 5.23. The molecule has 0 bridgehead atoms. The Morgan fingerprint density at radius 2 is 1.82 bits per heavy atom. The van der Waals surface area contributed by atoms with Crippen LogP contribution in [0.5, 0.6) is 0 Å². The molecule has 1 fully saturated rings. The molecule has 1 N–H and O–H groups in total. The van der Waals surface area contributed by atoms with E-state index in [-0.39, 0.29) is 17.0 Å². The molecule has 17 heavy (non-hydrogen) atoms. The molecule has 0 heterocycles. The van der Waals surface area contributed by atoms with Crippen molar-refractivity contribution < 1.29 is 9.90 Å². The van der Waals surface area contributed by atoms with Gasteiger partial charge in [0, 0.05) is 18.9 Å². The average molecular weight is 238 g/mol. The van der Waals surface area contributed by atoms with Gasteiger partial charge in [-0.25, -0.2) is 0 Å². The molecule has 0 amide bonds. The van der Waals surface area contributed by atoms with Crippen molar-refractivity contribution in [1.82, 2.24) is 0 Å². The number of aliphatic hydroxyl groups excluding tert-OH is 1. The van der Waals surface area contributed by atoms with Crippen LogP contribution in [0.4, 0.5) is 0 Å². The van der Waals surface area contributed by atoms with Gasteiger partial charge in [0.25, 0.3) is 0 Å². The summed E-state index contributed by atoms with van der Waals surface area (Å²) >= 11 is 0. The zero-order chi connectivity index (χ0) is 12.9. The van der Waals surface area contributed by atoms with Crippen molar-refractivity contribution >= 4 is 5.78 Å². The van der Waals surface area contributed by atoms with Crippen molar-refractivity contribution in [2.24, 2.45) is 11.3 Å². The molecule has 1 saturated carbocycles. The van der Waals surface area contributed by atoms with E-state index in [0.717, 1.165) is 0 Å². The van der Waals surface area contributed by atoms with Gasteiger partial charge in [-0.15, -0.1) is 0 Å². The van der Waals surface area contributed by atoms with Crippen molar-refractivity contribution in [3.05, 3.63) is 11.8 Å². The molecule has 2 nitrogen and oxygen atoms in total. The Morgan fingerprint density at radius 1 is 1.24 bits per heavy atom. The summed E-state index contributed by atoms with van der Waals surface area (Å²) in [5.74, 6) is 0.916. The second kappa shape index (κ2) is 6.23. The Hall–Kier alpha value is -0.790. The fourth-order valence-electron chi connectivity index (χ4n) is 2.51. The van der Waals surface area contributed by atoms with Crippen LogP contribution < -0.4 is 0 Å². The van der Waals surface area contributed by atoms with Crippen LogP contribution in [0.3, 0.4) is 0 Å². The Labute approximate surface area is 105 Å². The van der Waals surface area contributed by atoms with Crippen molar-refractivity contribution in [3.8, 4) is 0 Å². The molecule has 0 radical (unpaired) electrons. The summed E-state index contributed by atoms with van der Waals surface area (Å²) in [6, 6.07) is 0. The van der Waals surface area contributed by atoms with E-state index >= 15 is 0 Å². The molecule has 0 saturated heterocycles. The van der Waals surface area contributed by atoms with Gasteiger partial charge >= 0.3 is 0 Å². The van der Waals surface area contributed by atoms with Crippen LogP contribution in [0.1, 0.15) is 65.7 Å². The van der Waals surface area contributed by atoms with Gasteiger partial charge in [0.2, 0.25) is 0 Å². The van der Waals surface area contributed by atoms with Crippen LogP contribution in [-0.2, 0) is 4.79 Å². The number of ketones is 1. The molecule has 0 aliphatic heterocycles. The lowest BCUT2D eigenvalue weighted by Crippen LogP contribution is -2.12. The summed E-state index contributed by atoms with van der Waals surface area (Å²) in [5.41, 5.74) is -0.00129. The maximum absolute atomic E-state index is 11.7. The second-order valence-corrected chi connectivity index (χ2v) is 6.55. The minimum atomic E-state index is -0.00129. The average Bonchev–Trinajstić information content (AvgIpc) is 2.15. The Morgan fingerprint density at radius 3 is 2.35 bits per heavy atom. The first kappa shape index (κ1) is 14.3. The fourth-order valence-corrected chi connectivity index (χ4v) is 2.51. The van der Waals surface area contributed by atoms with E-state index in [1.165, 1.54) is 38.2 Å². The lowest BCUT2D eigenvalue weighted by molar-refractivity contribution is -0.116. The summed E-state index contributed by atoms with van der Waals surface area (Å²) in [7, 11) is 0. The SMILES string of the molecule is CC(C)(C)CC(=O)C=C(O)CC1CCCCC1. The van der Waals surface area contributed by atoms with Crippen molar-refractivity contribution in [1.29, 1.82) is 0 Å². The normalized spacial score (nSPS) is 19.4. The molecular weight excluding hydrogens is 212 g/mol. The third kappa shape index (κ3) is 6.50. The predicted octanol–water partition coefficient (Wildman–Crippen LogP) is 4.40. The van der Waals surface area contributed by atoms with E-state index in [2.05, 4.69) is 0 Å². The zero-order valence-electron chi connectivity index (χ0n) is 11.5. The molecule has 1 rings (SSSR count). The molecular formula is C15H26O2. The quantitative estimate of drug-likeness (QED) is 0.582. The van der Waals surface area contributed by atoms with Gasteiger partial charge in [-0.2, -0.15) is 0 Å². The predicted molar refractivity (Wildman–Crippen MR) is 71.0 cm³/mol. The van der Waals surface area contributed by atoms with Gasteiger partial charge in [0.05, 0.1) is 5.76 Å². The molecule has 0 spiro atoms. The van der Waals surface area contributed by atoms with Crippen LogP contribution in [0, 0.1) is 11.3 Å². The zero-order valence-corrected chi connectivity index (χ0v) is 11.5. The second-order valence-electron chi connectivity index (χ2n) is 6.55. The highest BCUT2D eigenvalue weighted by molar-refractivity contribution is 5.90. The summed E-state index contributed by atoms with van der Waals surface area (Å²) in [5, 5.41) is 9.81. The van der Waals surface area contributed by atoms with E-state index in [1.807, 2.05) is 20.8 Å². The topological polar surface area (TPSA) is 37.3 Å². The van der Waals surface area contributed by atoms with E-state index in [9.17, 15) is 9.90 Å². The number of hydrogen-bond donors (Lipinski definition) is 1. The summed E-state index contributed by atoms with van der Waals surface area (Å²) in [6.45, 7) is 6.12. The van der Waals surface area contributed by atoms with Gasteiger partial charge in [0.1, 0.15) is 0 Å². The highest BCUT2D eigenvalue weighted by Crippen LogP contribution is 2.28. The van der Waals surface area contributed by atoms with Crippen LogP contribution in [0.25, 0.3) is 0 Å². The van der Waals surface area contributed by atoms with Gasteiger partial charge in [-0.1, -0.05) is 52.9 Å². The van der Waals surface area contributed by atoms with E-state index in [4.69, 9.17) is 0 Å². The lowest BCUT2D eigenvalue weighted by Gasteiger charge is -2.21. The highest BCUT2D eigenvalue weighted by atomic mass is 16.3. The third-order valence-electron chi connectivity index (χ3n) is 3.25. The molecule has 0 unspecified atom stereocenters. The van der Waals surface area contributed by atoms with Crippen LogP contribution in [0.15, 0.2) is 11.8 Å². The van der Waals surface area contributed by atoms with Gasteiger partial charge in [-0.3, -0.25) is 4.79 Å². The Bertz CT molecular complexity index is 278. The van der Waals surface area contributed by atoms with Crippen molar-refractivity contribution in [3.63, 3.8) is 0 Å². The molecule has 0 aromatic heterocycles. The first-order valence-electron chi connectivity index (χ1n) is 6.79. The van der Waals surface area contributed by atoms with Crippen molar-refractivity contribution in [2.75, 3.05) is 0 Å². The molecule has 0 aromatic carbocycles. The monoisotopic (exact) mass is 238 g/mol. The highest BCUT2D eigenvalue weighted by Gasteiger charge is 2.17. The van der Waals surface area contributed by atoms with Gasteiger partial charge < -0.3 is 5.11 Å². The summed E-state index contributed by atoms with van der Waals surface area (Å²) < 4.78 is 0. The molecule has 2 heteroatoms. The number of rotatable bonds is 4. The van der Waals surface area contributed by atoms with E-state index in [0.29, 0.717) is 18.8 Å². The number of carbonyl (C=O) groups excluding carboxylic acids is 1. The maximum atomic E-state index is 11.7. The molecule has 98 valence electrons. The first-order valence-corrected chi connectivity index (χ1v) is 6.79. The fraction of sp³-hybridized carbons (Fsp3) is 0.800. The van der Waals surface area contributed by atoms with Crippen LogP contribution >= 0.6 is 0 Å². The first-order chi connectivity index (χ1) is 7.87. The van der Waals surface area contributed by atoms with Gasteiger partial charge in [0.15, 0.2) is 5.78 Å². The Balaban J connectivity index is 2.39. The number of aliphatic hydroxyl groups is 1. The van der Waals surface area contributed by atoms with Gasteiger partial charge in [-0.05, 0) is 11.3 Å². The summed E-state index contributed by atoms with van der Waals surface area (Å²) in [4.78, 5) is 11.7. The lowest BCUT2D eigenvalue weighted by atomic mass is 9.86. The smallest absolute Gasteiger partial charge is 0.159 e. The number of allylic oxidation sites excluding steroid dienone is 2. The number of hydrogen-bond acceptors (Lipinski definition) is 2. The minimum Gasteiger partial charge on any atom is -0.512 e. The molecule has 1 aliphatic rings. The van der Waals surface area contributed by atoms with E-state index in [1.54, 1.807) is 0 Å². The molecule has 0 aromatic rings. The standard InChI is InChI=1S/C15H26O2/c1-15(2,3)11-14(17)10-13(16)9-12-7-5-4-6-8-12/h10,12,16H,4-9,11H2,1-3H3. The van der Waals surface area contributed by atoms with E-state index < -0.39 is 0 Å². The third-order valence-corrected chi connectivity index (χ3v) is 3.25. The summed E-state index contributed by atoms with van der Waals surface area (Å²) in [6.07, 6.45) is 8.90. The minimum absolute atomic E-state index is 0.00129. The van der Waals surface area contributed by atoms with Crippen LogP contribution in [0.2, 0.25) is 0 Å². The van der Waals surface area contributed by atoms with Crippen LogP contribution in [-0.4, -0.2) is 10.9 Å². The largest absolute Gasteiger partial charge is 0.512 e. The van der Waals surface area contributed by atoms with Crippen molar-refractivity contribution in [2.45, 2.75) is 65.7 Å². The molecule has 0 atom stereocenters. The number of carbonyl (C=O) groups is 1. The molecule has 1 aliphatic carbocycles. The maximum Gasteiger partial charge on any atom is 0.159 e.